The fourth-order valence-corrected chi connectivity index (χ4v) is 4.39. The second-order valence-electron chi connectivity index (χ2n) is 7.79. The second-order valence-corrected chi connectivity index (χ2v) is 8.54. The van der Waals surface area contributed by atoms with Crippen molar-refractivity contribution in [3.63, 3.8) is 0 Å². The predicted octanol–water partition coefficient (Wildman–Crippen LogP) is 4.01. The van der Waals surface area contributed by atoms with Crippen LogP contribution in [0.5, 0.6) is 0 Å². The Bertz CT molecular complexity index is 1220. The van der Waals surface area contributed by atoms with Gasteiger partial charge in [-0.2, -0.15) is 0 Å². The van der Waals surface area contributed by atoms with E-state index in [0.29, 0.717) is 47.7 Å². The van der Waals surface area contributed by atoms with Crippen molar-refractivity contribution < 1.29 is 18.8 Å². The lowest BCUT2D eigenvalue weighted by Gasteiger charge is -2.34. The number of anilines is 1. The van der Waals surface area contributed by atoms with Crippen molar-refractivity contribution >= 4 is 51.6 Å². The van der Waals surface area contributed by atoms with Gasteiger partial charge in [-0.15, -0.1) is 0 Å². The molecule has 2 aromatic heterocycles. The van der Waals surface area contributed by atoms with Crippen LogP contribution >= 0.6 is 23.2 Å². The molecule has 11 heteroatoms. The van der Waals surface area contributed by atoms with Crippen molar-refractivity contribution in [2.45, 2.75) is 25.8 Å². The SMILES string of the molecule is CONC(=O)c1cc(N2CCC(NC(=O)c3[nH]c(C)c(Cl)c3Cl)CC2)c2cccc(F)c2n1. The van der Waals surface area contributed by atoms with Gasteiger partial charge < -0.3 is 15.2 Å². The number of aromatic amines is 1. The summed E-state index contributed by atoms with van der Waals surface area (Å²) >= 11 is 12.2. The van der Waals surface area contributed by atoms with Crippen LogP contribution in [0.1, 0.15) is 39.5 Å². The first kappa shape index (κ1) is 23.3. The number of fused-ring (bicyclic) bond motifs is 1. The minimum absolute atomic E-state index is 0.0495. The number of benzene rings is 1. The molecule has 2 amide bonds. The molecule has 3 aromatic rings. The van der Waals surface area contributed by atoms with Gasteiger partial charge in [0.2, 0.25) is 0 Å². The third-order valence-electron chi connectivity index (χ3n) is 5.65. The van der Waals surface area contributed by atoms with Gasteiger partial charge in [-0.1, -0.05) is 35.3 Å². The number of carbonyl (C=O) groups is 2. The predicted molar refractivity (Wildman–Crippen MR) is 124 cm³/mol. The minimum Gasteiger partial charge on any atom is -0.371 e. The Morgan fingerprint density at radius 2 is 1.94 bits per heavy atom. The molecule has 1 aromatic carbocycles. The summed E-state index contributed by atoms with van der Waals surface area (Å²) in [7, 11) is 1.31. The molecule has 3 heterocycles. The molecule has 0 atom stereocenters. The number of hydrogen-bond acceptors (Lipinski definition) is 5. The summed E-state index contributed by atoms with van der Waals surface area (Å²) in [6.45, 7) is 2.92. The molecule has 4 rings (SSSR count). The quantitative estimate of drug-likeness (QED) is 0.466. The number of pyridine rings is 1. The molecule has 0 spiro atoms. The summed E-state index contributed by atoms with van der Waals surface area (Å²) in [5.41, 5.74) is 3.95. The van der Waals surface area contributed by atoms with Crippen LogP contribution in [0.4, 0.5) is 10.1 Å². The molecule has 0 unspecified atom stereocenters. The molecule has 1 fully saturated rings. The average Bonchev–Trinajstić information content (AvgIpc) is 3.07. The Morgan fingerprint density at radius 1 is 1.21 bits per heavy atom. The van der Waals surface area contributed by atoms with Crippen LogP contribution in [0.25, 0.3) is 10.9 Å². The summed E-state index contributed by atoms with van der Waals surface area (Å²) in [4.78, 5) is 38.8. The van der Waals surface area contributed by atoms with Gasteiger partial charge >= 0.3 is 0 Å². The zero-order valence-corrected chi connectivity index (χ0v) is 19.5. The van der Waals surface area contributed by atoms with Crippen molar-refractivity contribution in [1.29, 1.82) is 0 Å². The Morgan fingerprint density at radius 3 is 2.58 bits per heavy atom. The van der Waals surface area contributed by atoms with Gasteiger partial charge in [-0.3, -0.25) is 14.4 Å². The van der Waals surface area contributed by atoms with Crippen LogP contribution < -0.4 is 15.7 Å². The number of piperidine rings is 1. The first-order valence-corrected chi connectivity index (χ1v) is 11.1. The number of para-hydroxylation sites is 1. The summed E-state index contributed by atoms with van der Waals surface area (Å²) in [6, 6.07) is 6.23. The molecular weight excluding hydrogens is 472 g/mol. The maximum absolute atomic E-state index is 14.5. The lowest BCUT2D eigenvalue weighted by molar-refractivity contribution is 0.0532. The molecular formula is C22H22Cl2FN5O3. The van der Waals surface area contributed by atoms with Crippen molar-refractivity contribution in [1.82, 2.24) is 20.8 Å². The van der Waals surface area contributed by atoms with Gasteiger partial charge in [-0.05, 0) is 31.9 Å². The van der Waals surface area contributed by atoms with Crippen LogP contribution in [0.15, 0.2) is 24.3 Å². The monoisotopic (exact) mass is 493 g/mol. The highest BCUT2D eigenvalue weighted by Gasteiger charge is 2.26. The van der Waals surface area contributed by atoms with E-state index in [-0.39, 0.29) is 33.9 Å². The molecule has 1 aliphatic heterocycles. The lowest BCUT2D eigenvalue weighted by atomic mass is 10.0. The molecule has 33 heavy (non-hydrogen) atoms. The van der Waals surface area contributed by atoms with E-state index in [0.717, 1.165) is 0 Å². The Balaban J connectivity index is 1.53. The first-order valence-electron chi connectivity index (χ1n) is 10.3. The number of hydroxylamine groups is 1. The molecule has 0 bridgehead atoms. The van der Waals surface area contributed by atoms with Crippen molar-refractivity contribution in [2.24, 2.45) is 0 Å². The smallest absolute Gasteiger partial charge is 0.293 e. The van der Waals surface area contributed by atoms with Crippen LogP contribution in [0.2, 0.25) is 10.0 Å². The van der Waals surface area contributed by atoms with Crippen LogP contribution in [-0.4, -0.2) is 48.0 Å². The fraction of sp³-hybridized carbons (Fsp3) is 0.318. The fourth-order valence-electron chi connectivity index (χ4n) is 3.97. The largest absolute Gasteiger partial charge is 0.371 e. The number of halogens is 3. The number of rotatable bonds is 5. The summed E-state index contributed by atoms with van der Waals surface area (Å²) in [6.07, 6.45) is 1.30. The number of H-pyrrole nitrogens is 1. The molecule has 0 radical (unpaired) electrons. The number of carbonyl (C=O) groups excluding carboxylic acids is 2. The summed E-state index contributed by atoms with van der Waals surface area (Å²) in [5, 5.41) is 4.13. The minimum atomic E-state index is -0.567. The van der Waals surface area contributed by atoms with Gasteiger partial charge in [-0.25, -0.2) is 14.9 Å². The number of nitrogens with zero attached hydrogens (tertiary/aromatic N) is 2. The summed E-state index contributed by atoms with van der Waals surface area (Å²) in [5.74, 6) is -1.40. The van der Waals surface area contributed by atoms with Crippen LogP contribution in [0.3, 0.4) is 0 Å². The van der Waals surface area contributed by atoms with Gasteiger partial charge in [0.1, 0.15) is 22.7 Å². The third kappa shape index (κ3) is 4.62. The van der Waals surface area contributed by atoms with E-state index >= 15 is 0 Å². The highest BCUT2D eigenvalue weighted by atomic mass is 35.5. The highest BCUT2D eigenvalue weighted by molar-refractivity contribution is 6.44. The third-order valence-corrected chi connectivity index (χ3v) is 6.59. The average molecular weight is 494 g/mol. The number of nitrogens with one attached hydrogen (secondary N) is 3. The zero-order chi connectivity index (χ0) is 23.7. The molecule has 174 valence electrons. The number of hydrogen-bond donors (Lipinski definition) is 3. The van der Waals surface area contributed by atoms with Gasteiger partial charge in [0, 0.05) is 35.9 Å². The van der Waals surface area contributed by atoms with Gasteiger partial charge in [0.25, 0.3) is 11.8 Å². The molecule has 1 aliphatic rings. The molecule has 0 saturated carbocycles. The van der Waals surface area contributed by atoms with Gasteiger partial charge in [0.15, 0.2) is 0 Å². The van der Waals surface area contributed by atoms with Crippen LogP contribution in [-0.2, 0) is 4.84 Å². The molecule has 1 saturated heterocycles. The number of amides is 2. The number of aromatic nitrogens is 2. The van der Waals surface area contributed by atoms with E-state index in [1.165, 1.54) is 13.2 Å². The Kier molecular flexibility index (Phi) is 6.73. The first-order chi connectivity index (χ1) is 15.8. The zero-order valence-electron chi connectivity index (χ0n) is 18.0. The Labute approximate surface area is 199 Å². The topological polar surface area (TPSA) is 99.4 Å². The van der Waals surface area contributed by atoms with E-state index in [1.54, 1.807) is 25.1 Å². The maximum atomic E-state index is 14.5. The van der Waals surface area contributed by atoms with E-state index < -0.39 is 11.7 Å². The van der Waals surface area contributed by atoms with Crippen molar-refractivity contribution in [3.8, 4) is 0 Å². The molecule has 0 aliphatic carbocycles. The van der Waals surface area contributed by atoms with E-state index in [9.17, 15) is 14.0 Å². The van der Waals surface area contributed by atoms with E-state index in [1.807, 2.05) is 0 Å². The highest BCUT2D eigenvalue weighted by Crippen LogP contribution is 2.31. The van der Waals surface area contributed by atoms with Gasteiger partial charge in [0.05, 0.1) is 17.2 Å². The molecule has 8 nitrogen and oxygen atoms in total. The van der Waals surface area contributed by atoms with Crippen molar-refractivity contribution in [2.75, 3.05) is 25.1 Å². The van der Waals surface area contributed by atoms with Crippen LogP contribution in [0, 0.1) is 12.7 Å². The normalized spacial score (nSPS) is 14.5. The van der Waals surface area contributed by atoms with Crippen molar-refractivity contribution in [3.05, 3.63) is 57.2 Å². The van der Waals surface area contributed by atoms with E-state index in [4.69, 9.17) is 23.2 Å². The maximum Gasteiger partial charge on any atom is 0.293 e. The van der Waals surface area contributed by atoms with E-state index in [2.05, 4.69) is 30.5 Å². The molecule has 3 N–H and O–H groups in total. The lowest BCUT2D eigenvalue weighted by Crippen LogP contribution is -2.45. The summed E-state index contributed by atoms with van der Waals surface area (Å²) < 4.78 is 14.5. The Hall–Kier alpha value is -2.88. The number of aryl methyl sites for hydroxylation is 1. The standard InChI is InChI=1S/C22H22Cl2FN5O3/c1-11-17(23)18(24)20(26-11)22(32)27-12-6-8-30(9-7-12)16-10-15(21(31)29-33-2)28-19-13(16)4-3-5-14(19)25/h3-5,10,12,26H,6-9H2,1-2H3,(H,27,32)(H,29,31). The second kappa shape index (κ2) is 9.54.